The van der Waals surface area contributed by atoms with Crippen LogP contribution in [0, 0.1) is 25.2 Å². The van der Waals surface area contributed by atoms with E-state index >= 15 is 0 Å². The van der Waals surface area contributed by atoms with Crippen molar-refractivity contribution in [3.8, 4) is 11.8 Å². The molecule has 0 amide bonds. The first-order chi connectivity index (χ1) is 9.70. The third kappa shape index (κ3) is 3.79. The standard InChI is InChI=1S/C17H17NOS/c1-13-10-15(12-18)11-14(2)17(13)19-8-9-20-16-6-4-3-5-7-16/h3-7,10-11H,8-9H2,1-2H3. The van der Waals surface area contributed by atoms with Crippen LogP contribution in [0.3, 0.4) is 0 Å². The van der Waals surface area contributed by atoms with Crippen LogP contribution in [0.1, 0.15) is 16.7 Å². The molecule has 3 heteroatoms. The monoisotopic (exact) mass is 283 g/mol. The highest BCUT2D eigenvalue weighted by Gasteiger charge is 2.06. The van der Waals surface area contributed by atoms with Gasteiger partial charge in [-0.2, -0.15) is 5.26 Å². The normalized spacial score (nSPS) is 10.1. The number of rotatable bonds is 5. The Morgan fingerprint density at radius 1 is 1.10 bits per heavy atom. The summed E-state index contributed by atoms with van der Waals surface area (Å²) in [5.41, 5.74) is 2.73. The lowest BCUT2D eigenvalue weighted by Crippen LogP contribution is -2.03. The summed E-state index contributed by atoms with van der Waals surface area (Å²) in [6.45, 7) is 4.62. The summed E-state index contributed by atoms with van der Waals surface area (Å²) in [5.74, 6) is 1.81. The number of thioether (sulfide) groups is 1. The van der Waals surface area contributed by atoms with Crippen LogP contribution in [0.2, 0.25) is 0 Å². The van der Waals surface area contributed by atoms with Gasteiger partial charge in [-0.05, 0) is 49.2 Å². The summed E-state index contributed by atoms with van der Waals surface area (Å²) < 4.78 is 5.86. The highest BCUT2D eigenvalue weighted by molar-refractivity contribution is 7.99. The highest BCUT2D eigenvalue weighted by Crippen LogP contribution is 2.25. The van der Waals surface area contributed by atoms with Crippen molar-refractivity contribution in [3.63, 3.8) is 0 Å². The van der Waals surface area contributed by atoms with Gasteiger partial charge >= 0.3 is 0 Å². The lowest BCUT2D eigenvalue weighted by atomic mass is 10.1. The largest absolute Gasteiger partial charge is 0.492 e. The van der Waals surface area contributed by atoms with Crippen LogP contribution in [0.5, 0.6) is 5.75 Å². The maximum absolute atomic E-state index is 8.92. The van der Waals surface area contributed by atoms with E-state index in [0.29, 0.717) is 12.2 Å². The Labute approximate surface area is 124 Å². The number of hydrogen-bond donors (Lipinski definition) is 0. The third-order valence-electron chi connectivity index (χ3n) is 2.93. The summed E-state index contributed by atoms with van der Waals surface area (Å²) in [6, 6.07) is 16.2. The molecule has 0 bridgehead atoms. The molecule has 0 aromatic heterocycles. The predicted molar refractivity (Wildman–Crippen MR) is 83.3 cm³/mol. The average Bonchev–Trinajstić information content (AvgIpc) is 2.46. The second-order valence-electron chi connectivity index (χ2n) is 4.56. The molecule has 2 rings (SSSR count). The Bertz CT molecular complexity index is 594. The van der Waals surface area contributed by atoms with Crippen LogP contribution < -0.4 is 4.74 Å². The van der Waals surface area contributed by atoms with Gasteiger partial charge in [-0.3, -0.25) is 0 Å². The van der Waals surface area contributed by atoms with Crippen molar-refractivity contribution in [2.24, 2.45) is 0 Å². The molecule has 0 aliphatic carbocycles. The number of aryl methyl sites for hydroxylation is 2. The molecule has 2 aromatic carbocycles. The molecular weight excluding hydrogens is 266 g/mol. The predicted octanol–water partition coefficient (Wildman–Crippen LogP) is 4.35. The number of benzene rings is 2. The first-order valence-corrected chi connectivity index (χ1v) is 7.51. The molecule has 0 aliphatic rings. The van der Waals surface area contributed by atoms with Crippen molar-refractivity contribution in [1.82, 2.24) is 0 Å². The maximum Gasteiger partial charge on any atom is 0.125 e. The zero-order chi connectivity index (χ0) is 14.4. The lowest BCUT2D eigenvalue weighted by molar-refractivity contribution is 0.339. The molecule has 0 saturated carbocycles. The summed E-state index contributed by atoms with van der Waals surface area (Å²) in [6.07, 6.45) is 0. The van der Waals surface area contributed by atoms with E-state index in [1.807, 2.05) is 44.2 Å². The fourth-order valence-electron chi connectivity index (χ4n) is 2.06. The molecule has 0 radical (unpaired) electrons. The molecule has 0 aliphatic heterocycles. The van der Waals surface area contributed by atoms with Gasteiger partial charge in [0.25, 0.3) is 0 Å². The van der Waals surface area contributed by atoms with Crippen molar-refractivity contribution >= 4 is 11.8 Å². The third-order valence-corrected chi connectivity index (χ3v) is 3.91. The summed E-state index contributed by atoms with van der Waals surface area (Å²) in [4.78, 5) is 1.25. The quantitative estimate of drug-likeness (QED) is 0.604. The van der Waals surface area contributed by atoms with Crippen molar-refractivity contribution in [2.75, 3.05) is 12.4 Å². The molecule has 0 fully saturated rings. The van der Waals surface area contributed by atoms with Gasteiger partial charge in [-0.15, -0.1) is 11.8 Å². The van der Waals surface area contributed by atoms with E-state index in [0.717, 1.165) is 22.6 Å². The maximum atomic E-state index is 8.92. The van der Waals surface area contributed by atoms with Gasteiger partial charge < -0.3 is 4.74 Å². The Morgan fingerprint density at radius 3 is 2.35 bits per heavy atom. The molecule has 0 atom stereocenters. The van der Waals surface area contributed by atoms with Gasteiger partial charge in [0.05, 0.1) is 18.2 Å². The Balaban J connectivity index is 1.90. The first-order valence-electron chi connectivity index (χ1n) is 6.52. The van der Waals surface area contributed by atoms with Gasteiger partial charge in [0.1, 0.15) is 5.75 Å². The van der Waals surface area contributed by atoms with Crippen LogP contribution in [0.25, 0.3) is 0 Å². The number of hydrogen-bond acceptors (Lipinski definition) is 3. The van der Waals surface area contributed by atoms with E-state index in [9.17, 15) is 0 Å². The SMILES string of the molecule is Cc1cc(C#N)cc(C)c1OCCSc1ccccc1. The molecule has 0 heterocycles. The minimum Gasteiger partial charge on any atom is -0.492 e. The molecule has 2 nitrogen and oxygen atoms in total. The van der Waals surface area contributed by atoms with Crippen molar-refractivity contribution in [2.45, 2.75) is 18.7 Å². The van der Waals surface area contributed by atoms with Crippen molar-refractivity contribution < 1.29 is 4.74 Å². The topological polar surface area (TPSA) is 33.0 Å². The Kier molecular flexibility index (Phi) is 5.09. The van der Waals surface area contributed by atoms with Crippen molar-refractivity contribution in [1.29, 1.82) is 5.26 Å². The van der Waals surface area contributed by atoms with Gasteiger partial charge in [-0.1, -0.05) is 18.2 Å². The van der Waals surface area contributed by atoms with Crippen LogP contribution in [0.15, 0.2) is 47.4 Å². The van der Waals surface area contributed by atoms with Gasteiger partial charge in [0.15, 0.2) is 0 Å². The van der Waals surface area contributed by atoms with Gasteiger partial charge in [-0.25, -0.2) is 0 Å². The summed E-state index contributed by atoms with van der Waals surface area (Å²) in [7, 11) is 0. The molecule has 0 saturated heterocycles. The first kappa shape index (κ1) is 14.5. The van der Waals surface area contributed by atoms with Gasteiger partial charge in [0.2, 0.25) is 0 Å². The fourth-order valence-corrected chi connectivity index (χ4v) is 2.81. The molecule has 2 aromatic rings. The summed E-state index contributed by atoms with van der Waals surface area (Å²) >= 11 is 1.78. The fraction of sp³-hybridized carbons (Fsp3) is 0.235. The van der Waals surface area contributed by atoms with E-state index in [4.69, 9.17) is 10.00 Å². The van der Waals surface area contributed by atoms with Crippen LogP contribution in [-0.2, 0) is 0 Å². The number of nitriles is 1. The molecule has 102 valence electrons. The average molecular weight is 283 g/mol. The minimum atomic E-state index is 0.660. The number of nitrogens with zero attached hydrogens (tertiary/aromatic N) is 1. The molecule has 0 unspecified atom stereocenters. The number of ether oxygens (including phenoxy) is 1. The van der Waals surface area contributed by atoms with Crippen molar-refractivity contribution in [3.05, 3.63) is 59.2 Å². The molecule has 20 heavy (non-hydrogen) atoms. The zero-order valence-electron chi connectivity index (χ0n) is 11.7. The van der Waals surface area contributed by atoms with Crippen LogP contribution in [0.4, 0.5) is 0 Å². The van der Waals surface area contributed by atoms with E-state index in [1.54, 1.807) is 11.8 Å². The summed E-state index contributed by atoms with van der Waals surface area (Å²) in [5, 5.41) is 8.92. The molecule has 0 spiro atoms. The van der Waals surface area contributed by atoms with E-state index < -0.39 is 0 Å². The van der Waals surface area contributed by atoms with E-state index in [2.05, 4.69) is 18.2 Å². The van der Waals surface area contributed by atoms with E-state index in [-0.39, 0.29) is 0 Å². The smallest absolute Gasteiger partial charge is 0.125 e. The van der Waals surface area contributed by atoms with Crippen LogP contribution >= 0.6 is 11.8 Å². The lowest BCUT2D eigenvalue weighted by Gasteiger charge is -2.12. The molecule has 0 N–H and O–H groups in total. The Morgan fingerprint density at radius 2 is 1.75 bits per heavy atom. The van der Waals surface area contributed by atoms with Gasteiger partial charge in [0, 0.05) is 10.6 Å². The molecular formula is C17H17NOS. The highest BCUT2D eigenvalue weighted by atomic mass is 32.2. The van der Waals surface area contributed by atoms with Crippen LogP contribution in [-0.4, -0.2) is 12.4 Å². The van der Waals surface area contributed by atoms with E-state index in [1.165, 1.54) is 4.90 Å². The second-order valence-corrected chi connectivity index (χ2v) is 5.73. The zero-order valence-corrected chi connectivity index (χ0v) is 12.5. The second kappa shape index (κ2) is 7.02. The Hall–Kier alpha value is -1.92. The minimum absolute atomic E-state index is 0.660.